The molecule has 2 aromatic rings. The molecular formula is C18H25N5O3. The zero-order valence-electron chi connectivity index (χ0n) is 15.3. The van der Waals surface area contributed by atoms with Gasteiger partial charge in [-0.15, -0.1) is 0 Å². The number of methoxy groups -OCH3 is 1. The summed E-state index contributed by atoms with van der Waals surface area (Å²) in [5, 5.41) is 7.09. The van der Waals surface area contributed by atoms with Crippen molar-refractivity contribution < 1.29 is 14.3 Å². The number of fused-ring (bicyclic) bond motifs is 1. The van der Waals surface area contributed by atoms with E-state index in [9.17, 15) is 9.59 Å². The second-order valence-electron chi connectivity index (χ2n) is 6.68. The molecule has 0 radical (unpaired) electrons. The highest BCUT2D eigenvalue weighted by atomic mass is 16.5. The number of likely N-dealkylation sites (tertiary alicyclic amines) is 1. The second-order valence-corrected chi connectivity index (χ2v) is 6.68. The first-order valence-electron chi connectivity index (χ1n) is 8.96. The normalized spacial score (nSPS) is 17.5. The van der Waals surface area contributed by atoms with Gasteiger partial charge in [-0.3, -0.25) is 9.59 Å². The Morgan fingerprint density at radius 3 is 3.00 bits per heavy atom. The van der Waals surface area contributed by atoms with Crippen LogP contribution in [0.1, 0.15) is 41.6 Å². The molecule has 2 aromatic heterocycles. The fourth-order valence-corrected chi connectivity index (χ4v) is 3.40. The monoisotopic (exact) mass is 359 g/mol. The lowest BCUT2D eigenvalue weighted by molar-refractivity contribution is -0.124. The third kappa shape index (κ3) is 4.01. The zero-order valence-corrected chi connectivity index (χ0v) is 15.3. The van der Waals surface area contributed by atoms with Crippen LogP contribution in [-0.2, 0) is 9.53 Å². The minimum absolute atomic E-state index is 0.0377. The Labute approximate surface area is 152 Å². The van der Waals surface area contributed by atoms with Gasteiger partial charge in [-0.25, -0.2) is 9.50 Å². The Bertz CT molecular complexity index is 788. The molecule has 140 valence electrons. The number of hydrogen-bond donors (Lipinski definition) is 1. The lowest BCUT2D eigenvalue weighted by Gasteiger charge is -2.35. The van der Waals surface area contributed by atoms with Crippen molar-refractivity contribution in [3.63, 3.8) is 0 Å². The van der Waals surface area contributed by atoms with Crippen molar-refractivity contribution in [3.8, 4) is 0 Å². The molecule has 0 spiro atoms. The molecule has 1 atom stereocenters. The molecule has 1 aliphatic rings. The number of rotatable bonds is 6. The molecule has 8 heteroatoms. The summed E-state index contributed by atoms with van der Waals surface area (Å²) in [7, 11) is 1.49. The summed E-state index contributed by atoms with van der Waals surface area (Å²) < 4.78 is 6.46. The van der Waals surface area contributed by atoms with E-state index in [1.807, 2.05) is 18.0 Å². The summed E-state index contributed by atoms with van der Waals surface area (Å²) >= 11 is 0. The number of nitrogens with zero attached hydrogens (tertiary/aromatic N) is 4. The van der Waals surface area contributed by atoms with Gasteiger partial charge in [-0.1, -0.05) is 0 Å². The highest BCUT2D eigenvalue weighted by Gasteiger charge is 2.29. The number of nitrogens with one attached hydrogen (secondary N) is 1. The molecule has 26 heavy (non-hydrogen) atoms. The molecule has 0 aliphatic carbocycles. The Hall–Kier alpha value is -2.48. The van der Waals surface area contributed by atoms with Crippen LogP contribution >= 0.6 is 0 Å². The van der Waals surface area contributed by atoms with Crippen molar-refractivity contribution >= 4 is 17.5 Å². The fourth-order valence-electron chi connectivity index (χ4n) is 3.40. The van der Waals surface area contributed by atoms with E-state index in [1.54, 1.807) is 16.9 Å². The SMILES string of the molecule is COCC(=O)NCCC1CCCCN1C(=O)c1cnn2cc(C)cnc12. The van der Waals surface area contributed by atoms with Gasteiger partial charge < -0.3 is 15.0 Å². The lowest BCUT2D eigenvalue weighted by Crippen LogP contribution is -2.45. The largest absolute Gasteiger partial charge is 0.375 e. The number of carbonyl (C=O) groups excluding carboxylic acids is 2. The summed E-state index contributed by atoms with van der Waals surface area (Å²) in [6.45, 7) is 3.25. The molecule has 0 saturated carbocycles. The summed E-state index contributed by atoms with van der Waals surface area (Å²) in [6, 6.07) is 0.111. The van der Waals surface area contributed by atoms with Gasteiger partial charge in [-0.2, -0.15) is 5.10 Å². The number of hydrogen-bond acceptors (Lipinski definition) is 5. The van der Waals surface area contributed by atoms with Crippen LogP contribution in [-0.4, -0.2) is 64.2 Å². The molecule has 1 N–H and O–H groups in total. The van der Waals surface area contributed by atoms with Gasteiger partial charge in [0.05, 0.1) is 6.20 Å². The van der Waals surface area contributed by atoms with E-state index in [4.69, 9.17) is 4.74 Å². The maximum absolute atomic E-state index is 13.1. The van der Waals surface area contributed by atoms with E-state index >= 15 is 0 Å². The Balaban J connectivity index is 1.70. The third-order valence-corrected chi connectivity index (χ3v) is 4.68. The quantitative estimate of drug-likeness (QED) is 0.837. The Morgan fingerprint density at radius 1 is 1.35 bits per heavy atom. The first-order valence-corrected chi connectivity index (χ1v) is 8.96. The Kier molecular flexibility index (Phi) is 5.82. The standard InChI is InChI=1S/C18H25N5O3/c1-13-9-20-17-15(10-21-23(17)11-13)18(25)22-8-4-3-5-14(22)6-7-19-16(24)12-26-2/h9-11,14H,3-8,12H2,1-2H3,(H,19,24). The van der Waals surface area contributed by atoms with Crippen LogP contribution in [0.2, 0.25) is 0 Å². The molecule has 3 rings (SSSR count). The molecule has 1 fully saturated rings. The van der Waals surface area contributed by atoms with Gasteiger partial charge in [0.25, 0.3) is 5.91 Å². The van der Waals surface area contributed by atoms with Crippen LogP contribution in [0.25, 0.3) is 5.65 Å². The number of aryl methyl sites for hydroxylation is 1. The first kappa shape index (κ1) is 18.3. The maximum Gasteiger partial charge on any atom is 0.259 e. The van der Waals surface area contributed by atoms with Gasteiger partial charge in [0.2, 0.25) is 5.91 Å². The van der Waals surface area contributed by atoms with Crippen LogP contribution in [0.15, 0.2) is 18.6 Å². The number of piperidine rings is 1. The Morgan fingerprint density at radius 2 is 2.19 bits per heavy atom. The molecular weight excluding hydrogens is 334 g/mol. The van der Waals surface area contributed by atoms with Gasteiger partial charge in [-0.05, 0) is 38.2 Å². The van der Waals surface area contributed by atoms with Crippen LogP contribution in [0.3, 0.4) is 0 Å². The van der Waals surface area contributed by atoms with Crippen LogP contribution in [0.4, 0.5) is 0 Å². The van der Waals surface area contributed by atoms with Gasteiger partial charge in [0.15, 0.2) is 5.65 Å². The van der Waals surface area contributed by atoms with Crippen molar-refractivity contribution in [2.75, 3.05) is 26.8 Å². The predicted octanol–water partition coefficient (Wildman–Crippen LogP) is 1.19. The average molecular weight is 359 g/mol. The van der Waals surface area contributed by atoms with Crippen molar-refractivity contribution in [1.29, 1.82) is 0 Å². The van der Waals surface area contributed by atoms with E-state index in [-0.39, 0.29) is 24.5 Å². The lowest BCUT2D eigenvalue weighted by atomic mass is 9.98. The molecule has 3 heterocycles. The van der Waals surface area contributed by atoms with Crippen LogP contribution < -0.4 is 5.32 Å². The molecule has 1 unspecified atom stereocenters. The topological polar surface area (TPSA) is 88.8 Å². The highest BCUT2D eigenvalue weighted by Crippen LogP contribution is 2.23. The van der Waals surface area contributed by atoms with E-state index in [0.29, 0.717) is 17.8 Å². The highest BCUT2D eigenvalue weighted by molar-refractivity contribution is 5.99. The smallest absolute Gasteiger partial charge is 0.259 e. The minimum Gasteiger partial charge on any atom is -0.375 e. The van der Waals surface area contributed by atoms with Gasteiger partial charge in [0, 0.05) is 38.6 Å². The van der Waals surface area contributed by atoms with Gasteiger partial charge >= 0.3 is 0 Å². The molecule has 8 nitrogen and oxygen atoms in total. The molecule has 2 amide bonds. The molecule has 0 aromatic carbocycles. The third-order valence-electron chi connectivity index (χ3n) is 4.68. The first-order chi connectivity index (χ1) is 12.6. The molecule has 0 bridgehead atoms. The number of amides is 2. The van der Waals surface area contributed by atoms with Crippen LogP contribution in [0.5, 0.6) is 0 Å². The number of carbonyl (C=O) groups is 2. The average Bonchev–Trinajstić information content (AvgIpc) is 3.04. The van der Waals surface area contributed by atoms with Crippen LogP contribution in [0, 0.1) is 6.92 Å². The second kappa shape index (κ2) is 8.27. The zero-order chi connectivity index (χ0) is 18.5. The van der Waals surface area contributed by atoms with E-state index in [0.717, 1.165) is 37.8 Å². The van der Waals surface area contributed by atoms with Crippen molar-refractivity contribution in [2.45, 2.75) is 38.6 Å². The number of aromatic nitrogens is 3. The predicted molar refractivity (Wildman–Crippen MR) is 95.9 cm³/mol. The number of ether oxygens (including phenoxy) is 1. The van der Waals surface area contributed by atoms with E-state index in [1.165, 1.54) is 7.11 Å². The van der Waals surface area contributed by atoms with E-state index in [2.05, 4.69) is 15.4 Å². The van der Waals surface area contributed by atoms with E-state index < -0.39 is 0 Å². The van der Waals surface area contributed by atoms with Crippen molar-refractivity contribution in [2.24, 2.45) is 0 Å². The molecule has 1 aliphatic heterocycles. The maximum atomic E-state index is 13.1. The minimum atomic E-state index is -0.136. The van der Waals surface area contributed by atoms with Crippen molar-refractivity contribution in [1.82, 2.24) is 24.8 Å². The van der Waals surface area contributed by atoms with Crippen molar-refractivity contribution in [3.05, 3.63) is 29.7 Å². The summed E-state index contributed by atoms with van der Waals surface area (Å²) in [5.74, 6) is -0.173. The summed E-state index contributed by atoms with van der Waals surface area (Å²) in [5.41, 5.74) is 2.10. The molecule has 1 saturated heterocycles. The van der Waals surface area contributed by atoms with Gasteiger partial charge in [0.1, 0.15) is 12.2 Å². The fraction of sp³-hybridized carbons (Fsp3) is 0.556. The summed E-state index contributed by atoms with van der Waals surface area (Å²) in [6.07, 6.45) is 8.95. The summed E-state index contributed by atoms with van der Waals surface area (Å²) in [4.78, 5) is 30.9.